The molecule has 2 unspecified atom stereocenters. The van der Waals surface area contributed by atoms with Gasteiger partial charge in [0, 0.05) is 68.3 Å². The molecular weight excluding hydrogens is 619 g/mol. The van der Waals surface area contributed by atoms with E-state index in [9.17, 15) is 19.1 Å². The fourth-order valence-corrected chi connectivity index (χ4v) is 8.62. The van der Waals surface area contributed by atoms with Crippen molar-refractivity contribution < 1.29 is 23.0 Å². The summed E-state index contributed by atoms with van der Waals surface area (Å²) < 4.78 is 52.6. The van der Waals surface area contributed by atoms with Crippen molar-refractivity contribution in [3.05, 3.63) is 47.7 Å². The number of phenols is 1. The van der Waals surface area contributed by atoms with Crippen molar-refractivity contribution in [3.8, 4) is 41.4 Å². The maximum absolute atomic E-state index is 16.9. The minimum absolute atomic E-state index is 0.0209. The molecule has 1 N–H and O–H groups in total. The van der Waals surface area contributed by atoms with Gasteiger partial charge in [0.25, 0.3) is 0 Å². The summed E-state index contributed by atoms with van der Waals surface area (Å²) in [4.78, 5) is 20.5. The number of fused-ring (bicyclic) bond motifs is 5. The highest BCUT2D eigenvalue weighted by molar-refractivity contribution is 6.03. The van der Waals surface area contributed by atoms with Gasteiger partial charge >= 0.3 is 6.01 Å². The van der Waals surface area contributed by atoms with Crippen LogP contribution in [0, 0.1) is 35.3 Å². The Balaban J connectivity index is 1.25. The minimum Gasteiger partial charge on any atom is -0.508 e. The van der Waals surface area contributed by atoms with Crippen LogP contribution in [0.3, 0.4) is 0 Å². The lowest BCUT2D eigenvalue weighted by molar-refractivity contribution is 0.107. The van der Waals surface area contributed by atoms with Gasteiger partial charge < -0.3 is 14.7 Å². The van der Waals surface area contributed by atoms with Crippen LogP contribution in [0.1, 0.15) is 44.1 Å². The quantitative estimate of drug-likeness (QED) is 0.265. The van der Waals surface area contributed by atoms with E-state index in [0.29, 0.717) is 55.6 Å². The largest absolute Gasteiger partial charge is 0.508 e. The first-order chi connectivity index (χ1) is 23.3. The number of alkyl halides is 1. The van der Waals surface area contributed by atoms with Gasteiger partial charge in [0.15, 0.2) is 5.82 Å². The second-order valence-electron chi connectivity index (χ2n) is 13.5. The molecule has 6 heterocycles. The van der Waals surface area contributed by atoms with E-state index in [-0.39, 0.29) is 58.2 Å². The first kappa shape index (κ1) is 30.7. The number of hydrogen-bond acceptors (Lipinski definition) is 9. The zero-order chi connectivity index (χ0) is 33.2. The summed E-state index contributed by atoms with van der Waals surface area (Å²) in [6.45, 7) is 3.29. The predicted octanol–water partition coefficient (Wildman–Crippen LogP) is 5.33. The molecule has 48 heavy (non-hydrogen) atoms. The van der Waals surface area contributed by atoms with Crippen LogP contribution in [0.5, 0.6) is 11.8 Å². The summed E-state index contributed by atoms with van der Waals surface area (Å²) in [5.74, 6) is 1.25. The molecule has 4 aromatic rings. The number of rotatable bonds is 7. The van der Waals surface area contributed by atoms with Crippen LogP contribution in [0.25, 0.3) is 32.9 Å². The molecule has 0 spiro atoms. The van der Waals surface area contributed by atoms with Gasteiger partial charge in [-0.1, -0.05) is 12.0 Å². The Hall–Kier alpha value is -4.65. The molecule has 12 heteroatoms. The minimum atomic E-state index is -0.935. The van der Waals surface area contributed by atoms with Crippen molar-refractivity contribution in [2.45, 2.75) is 62.3 Å². The maximum Gasteiger partial charge on any atom is 0.319 e. The van der Waals surface area contributed by atoms with Crippen molar-refractivity contribution in [1.82, 2.24) is 24.8 Å². The van der Waals surface area contributed by atoms with Crippen LogP contribution in [0.4, 0.5) is 19.0 Å². The van der Waals surface area contributed by atoms with Gasteiger partial charge in [-0.2, -0.15) is 15.2 Å². The first-order valence-electron chi connectivity index (χ1n) is 16.5. The summed E-state index contributed by atoms with van der Waals surface area (Å²) in [6, 6.07) is 8.09. The summed E-state index contributed by atoms with van der Waals surface area (Å²) in [5, 5.41) is 20.8. The molecule has 0 saturated carbocycles. The number of benzene rings is 2. The molecule has 4 saturated heterocycles. The van der Waals surface area contributed by atoms with Gasteiger partial charge in [0.1, 0.15) is 41.4 Å². The van der Waals surface area contributed by atoms with Gasteiger partial charge in [-0.25, -0.2) is 13.2 Å². The van der Waals surface area contributed by atoms with E-state index in [0.717, 1.165) is 32.2 Å². The molecule has 4 fully saturated rings. The fourth-order valence-electron chi connectivity index (χ4n) is 8.62. The summed E-state index contributed by atoms with van der Waals surface area (Å²) in [7, 11) is 0. The topological polar surface area (TPSA) is 102 Å². The molecule has 4 atom stereocenters. The van der Waals surface area contributed by atoms with Crippen LogP contribution in [-0.2, 0) is 0 Å². The number of pyridine rings is 1. The average Bonchev–Trinajstić information content (AvgIpc) is 3.68. The number of nitrogens with zero attached hydrogens (tertiary/aromatic N) is 7. The molecular formula is C36H34F3N7O2. The molecule has 2 aromatic carbocycles. The Kier molecular flexibility index (Phi) is 7.54. The van der Waals surface area contributed by atoms with E-state index in [2.05, 4.69) is 36.7 Å². The summed E-state index contributed by atoms with van der Waals surface area (Å²) in [5.41, 5.74) is -0.584. The van der Waals surface area contributed by atoms with E-state index >= 15 is 4.39 Å². The van der Waals surface area contributed by atoms with Gasteiger partial charge in [-0.15, -0.1) is 6.42 Å². The highest BCUT2D eigenvalue weighted by atomic mass is 19.1. The van der Waals surface area contributed by atoms with Crippen molar-refractivity contribution in [2.75, 3.05) is 44.2 Å². The molecule has 8 rings (SSSR count). The second-order valence-corrected chi connectivity index (χ2v) is 13.5. The van der Waals surface area contributed by atoms with Gasteiger partial charge in [0.2, 0.25) is 0 Å². The Bertz CT molecular complexity index is 2020. The van der Waals surface area contributed by atoms with Gasteiger partial charge in [0.05, 0.1) is 22.6 Å². The summed E-state index contributed by atoms with van der Waals surface area (Å²) in [6.07, 6.45) is 10.8. The number of hydrogen-bond donors (Lipinski definition) is 1. The standard InChI is InChI=1S/C36H34F3N7O2/c1-2-26-29(38)8-5-21-13-25(47)14-27(30(21)26)32-31(39)33-28(16-41-32)34(44-18-23-6-7-24(19-44)46(23)12-4-10-40)43-35(42-33)48-20-36-9-3-11-45(36)17-22(37)15-36/h1,5,8,13-14,16,22-24,47H,3-4,6-7,9,11-12,15,17-20H2/t22-,23?,24?,36+/m1/s1. The lowest BCUT2D eigenvalue weighted by atomic mass is 9.95. The SMILES string of the molecule is C#Cc1c(F)ccc2cc(O)cc(-c3ncc4c(N5CC6CCC(C5)N6CCC#N)nc(OC[C@@]56CCCN5C[C@H](F)C6)nc4c3F)c12. The Morgan fingerprint density at radius 1 is 1.12 bits per heavy atom. The van der Waals surface area contributed by atoms with E-state index in [1.807, 2.05) is 0 Å². The third kappa shape index (κ3) is 4.97. The third-order valence-electron chi connectivity index (χ3n) is 10.7. The molecule has 0 aliphatic carbocycles. The number of terminal acetylenes is 1. The lowest BCUT2D eigenvalue weighted by Gasteiger charge is -2.41. The van der Waals surface area contributed by atoms with Crippen LogP contribution in [-0.4, -0.2) is 93.0 Å². The first-order valence-corrected chi connectivity index (χ1v) is 16.5. The number of anilines is 1. The second kappa shape index (κ2) is 11.8. The van der Waals surface area contributed by atoms with Crippen molar-refractivity contribution in [3.63, 3.8) is 0 Å². The van der Waals surface area contributed by atoms with E-state index in [1.165, 1.54) is 30.5 Å². The number of phenolic OH excluding ortho intramolecular Hbond substituents is 1. The molecule has 0 amide bonds. The molecule has 4 aliphatic heterocycles. The normalized spacial score (nSPS) is 25.4. The number of halogens is 3. The van der Waals surface area contributed by atoms with Crippen molar-refractivity contribution in [1.29, 1.82) is 5.26 Å². The predicted molar refractivity (Wildman–Crippen MR) is 174 cm³/mol. The molecule has 4 aliphatic rings. The number of aromatic nitrogens is 3. The molecule has 0 radical (unpaired) electrons. The molecule has 2 aromatic heterocycles. The van der Waals surface area contributed by atoms with Gasteiger partial charge in [-0.05, 0) is 55.8 Å². The van der Waals surface area contributed by atoms with E-state index in [4.69, 9.17) is 16.1 Å². The number of aromatic hydroxyl groups is 1. The Morgan fingerprint density at radius 3 is 2.71 bits per heavy atom. The summed E-state index contributed by atoms with van der Waals surface area (Å²) >= 11 is 0. The molecule has 246 valence electrons. The van der Waals surface area contributed by atoms with Crippen molar-refractivity contribution in [2.24, 2.45) is 0 Å². The van der Waals surface area contributed by atoms with E-state index < -0.39 is 23.3 Å². The molecule has 2 bridgehead atoms. The fraction of sp³-hybridized carbons (Fsp3) is 0.444. The Morgan fingerprint density at radius 2 is 1.94 bits per heavy atom. The van der Waals surface area contributed by atoms with E-state index in [1.54, 1.807) is 0 Å². The Labute approximate surface area is 275 Å². The number of piperazine rings is 1. The van der Waals surface area contributed by atoms with Crippen LogP contribution >= 0.6 is 0 Å². The zero-order valence-corrected chi connectivity index (χ0v) is 26.3. The molecule has 9 nitrogen and oxygen atoms in total. The smallest absolute Gasteiger partial charge is 0.319 e. The number of nitriles is 1. The highest BCUT2D eigenvalue weighted by Crippen LogP contribution is 2.42. The third-order valence-corrected chi connectivity index (χ3v) is 10.7. The van der Waals surface area contributed by atoms with Crippen LogP contribution in [0.15, 0.2) is 30.5 Å². The highest BCUT2D eigenvalue weighted by Gasteiger charge is 2.49. The van der Waals surface area contributed by atoms with Gasteiger partial charge in [-0.3, -0.25) is 14.8 Å². The zero-order valence-electron chi connectivity index (χ0n) is 26.3. The van der Waals surface area contributed by atoms with Crippen LogP contribution in [0.2, 0.25) is 0 Å². The maximum atomic E-state index is 16.9. The van der Waals surface area contributed by atoms with Crippen molar-refractivity contribution >= 4 is 27.5 Å². The average molecular weight is 654 g/mol. The van der Waals surface area contributed by atoms with Crippen LogP contribution < -0.4 is 9.64 Å². The number of ether oxygens (including phenoxy) is 1. The lowest BCUT2D eigenvalue weighted by Crippen LogP contribution is -2.54. The monoisotopic (exact) mass is 653 g/mol.